The van der Waals surface area contributed by atoms with Crippen LogP contribution in [-0.2, 0) is 11.3 Å². The number of benzene rings is 1. The maximum absolute atomic E-state index is 11.8. The van der Waals surface area contributed by atoms with Crippen LogP contribution in [-0.4, -0.2) is 17.1 Å². The average Bonchev–Trinajstić information content (AvgIpc) is 2.42. The highest BCUT2D eigenvalue weighted by molar-refractivity contribution is 5.83. The summed E-state index contributed by atoms with van der Waals surface area (Å²) in [6.45, 7) is 2.46. The molecular weight excluding hydrogens is 246 g/mol. The van der Waals surface area contributed by atoms with Crippen LogP contribution in [0.3, 0.4) is 0 Å². The minimum absolute atomic E-state index is 0.0445. The summed E-state index contributed by atoms with van der Waals surface area (Å²) in [6.07, 6.45) is 1.57. The molecule has 100 valence electrons. The van der Waals surface area contributed by atoms with Gasteiger partial charge in [-0.1, -0.05) is 0 Å². The fraction of sp³-hybridized carbons (Fsp3) is 0.231. The number of carbonyl (C=O) groups is 1. The van der Waals surface area contributed by atoms with Gasteiger partial charge in [-0.15, -0.1) is 0 Å². The zero-order chi connectivity index (χ0) is 13.8. The summed E-state index contributed by atoms with van der Waals surface area (Å²) in [4.78, 5) is 23.1. The molecule has 0 spiro atoms. The van der Waals surface area contributed by atoms with E-state index in [1.807, 2.05) is 6.92 Å². The molecule has 2 rings (SSSR count). The molecule has 0 bridgehead atoms. The molecule has 0 radical (unpaired) electrons. The molecule has 1 amide bonds. The first-order valence-corrected chi connectivity index (χ1v) is 5.91. The quantitative estimate of drug-likeness (QED) is 0.473. The molecule has 0 unspecified atom stereocenters. The number of ether oxygens (including phenoxy) is 1. The second kappa shape index (κ2) is 5.53. The monoisotopic (exact) mass is 261 g/mol. The lowest BCUT2D eigenvalue weighted by Crippen LogP contribution is -2.33. The largest absolute Gasteiger partial charge is 0.494 e. The van der Waals surface area contributed by atoms with Crippen molar-refractivity contribution in [1.82, 2.24) is 9.99 Å². The summed E-state index contributed by atoms with van der Waals surface area (Å²) in [5.41, 5.74) is 2.61. The van der Waals surface area contributed by atoms with Crippen LogP contribution in [0.15, 0.2) is 35.3 Å². The predicted molar refractivity (Wildman–Crippen MR) is 71.7 cm³/mol. The van der Waals surface area contributed by atoms with Crippen LogP contribution >= 0.6 is 0 Å². The van der Waals surface area contributed by atoms with E-state index in [-0.39, 0.29) is 17.9 Å². The van der Waals surface area contributed by atoms with Gasteiger partial charge >= 0.3 is 0 Å². The van der Waals surface area contributed by atoms with Gasteiger partial charge in [-0.2, -0.15) is 0 Å². The van der Waals surface area contributed by atoms with Gasteiger partial charge in [-0.25, -0.2) is 5.84 Å². The van der Waals surface area contributed by atoms with Crippen LogP contribution in [0.4, 0.5) is 0 Å². The van der Waals surface area contributed by atoms with Gasteiger partial charge in [0.15, 0.2) is 5.43 Å². The molecule has 0 saturated heterocycles. The highest BCUT2D eigenvalue weighted by Crippen LogP contribution is 2.18. The Kier molecular flexibility index (Phi) is 3.82. The van der Waals surface area contributed by atoms with Crippen molar-refractivity contribution in [2.24, 2.45) is 5.84 Å². The van der Waals surface area contributed by atoms with Gasteiger partial charge in [0.25, 0.3) is 5.91 Å². The zero-order valence-corrected chi connectivity index (χ0v) is 10.6. The van der Waals surface area contributed by atoms with Crippen LogP contribution in [0.1, 0.15) is 6.92 Å². The molecule has 0 aliphatic rings. The number of carbonyl (C=O) groups excluding carboxylic acids is 1. The Hall–Kier alpha value is -2.34. The van der Waals surface area contributed by atoms with E-state index in [9.17, 15) is 9.59 Å². The van der Waals surface area contributed by atoms with Gasteiger partial charge in [0.05, 0.1) is 12.1 Å². The van der Waals surface area contributed by atoms with Crippen LogP contribution in [0.25, 0.3) is 10.9 Å². The van der Waals surface area contributed by atoms with E-state index in [4.69, 9.17) is 10.6 Å². The van der Waals surface area contributed by atoms with Crippen LogP contribution < -0.4 is 21.4 Å². The number of hydrogen-bond acceptors (Lipinski definition) is 4. The fourth-order valence-electron chi connectivity index (χ4n) is 1.88. The van der Waals surface area contributed by atoms with Crippen molar-refractivity contribution in [1.29, 1.82) is 0 Å². The van der Waals surface area contributed by atoms with Gasteiger partial charge in [0.2, 0.25) is 0 Å². The zero-order valence-electron chi connectivity index (χ0n) is 10.6. The van der Waals surface area contributed by atoms with E-state index in [1.54, 1.807) is 29.0 Å². The van der Waals surface area contributed by atoms with Crippen molar-refractivity contribution < 1.29 is 9.53 Å². The number of hydrogen-bond donors (Lipinski definition) is 2. The maximum atomic E-state index is 11.8. The van der Waals surface area contributed by atoms with E-state index in [0.717, 1.165) is 0 Å². The molecule has 6 nitrogen and oxygen atoms in total. The van der Waals surface area contributed by atoms with Crippen molar-refractivity contribution in [3.05, 3.63) is 40.7 Å². The van der Waals surface area contributed by atoms with Gasteiger partial charge in [0.1, 0.15) is 12.3 Å². The number of nitrogens with one attached hydrogen (secondary N) is 1. The minimum Gasteiger partial charge on any atom is -0.494 e. The maximum Gasteiger partial charge on any atom is 0.253 e. The summed E-state index contributed by atoms with van der Waals surface area (Å²) in [5, 5.41) is 0.538. The third kappa shape index (κ3) is 2.74. The molecule has 0 aliphatic heterocycles. The molecule has 0 atom stereocenters. The van der Waals surface area contributed by atoms with Gasteiger partial charge in [0, 0.05) is 23.7 Å². The Morgan fingerprint density at radius 3 is 2.89 bits per heavy atom. The Labute approximate surface area is 109 Å². The third-order valence-corrected chi connectivity index (χ3v) is 2.74. The summed E-state index contributed by atoms with van der Waals surface area (Å²) in [6, 6.07) is 6.59. The number of nitrogens with two attached hydrogens (primary N) is 1. The van der Waals surface area contributed by atoms with E-state index < -0.39 is 0 Å². The first-order chi connectivity index (χ1) is 9.15. The average molecular weight is 261 g/mol. The highest BCUT2D eigenvalue weighted by Gasteiger charge is 2.07. The predicted octanol–water partition coefficient (Wildman–Crippen LogP) is 0.390. The number of fused-ring (bicyclic) bond motifs is 1. The molecule has 3 N–H and O–H groups in total. The van der Waals surface area contributed by atoms with Crippen molar-refractivity contribution in [2.45, 2.75) is 13.5 Å². The molecule has 1 aromatic heterocycles. The Morgan fingerprint density at radius 2 is 2.21 bits per heavy atom. The first kappa shape index (κ1) is 13.1. The number of amides is 1. The van der Waals surface area contributed by atoms with E-state index in [1.165, 1.54) is 6.07 Å². The third-order valence-electron chi connectivity index (χ3n) is 2.74. The molecule has 1 aromatic carbocycles. The Morgan fingerprint density at radius 1 is 1.42 bits per heavy atom. The van der Waals surface area contributed by atoms with Gasteiger partial charge in [-0.3, -0.25) is 15.0 Å². The summed E-state index contributed by atoms with van der Waals surface area (Å²) >= 11 is 0. The first-order valence-electron chi connectivity index (χ1n) is 5.91. The lowest BCUT2D eigenvalue weighted by atomic mass is 10.2. The molecular formula is C13H15N3O3. The molecule has 0 saturated carbocycles. The number of aromatic nitrogens is 1. The van der Waals surface area contributed by atoms with Crippen molar-refractivity contribution >= 4 is 16.8 Å². The van der Waals surface area contributed by atoms with E-state index in [2.05, 4.69) is 5.43 Å². The lowest BCUT2D eigenvalue weighted by molar-refractivity contribution is -0.121. The highest BCUT2D eigenvalue weighted by atomic mass is 16.5. The smallest absolute Gasteiger partial charge is 0.253 e. The number of pyridine rings is 1. The van der Waals surface area contributed by atoms with Crippen molar-refractivity contribution in [3.8, 4) is 5.75 Å². The molecule has 0 aliphatic carbocycles. The molecule has 2 aromatic rings. The van der Waals surface area contributed by atoms with Crippen LogP contribution in [0.2, 0.25) is 0 Å². The van der Waals surface area contributed by atoms with Gasteiger partial charge in [-0.05, 0) is 19.1 Å². The summed E-state index contributed by atoms with van der Waals surface area (Å²) in [7, 11) is 0. The second-order valence-electron chi connectivity index (χ2n) is 3.99. The standard InChI is InChI=1S/C13H15N3O3/c1-2-19-9-3-4-10-11(7-9)16(6-5-12(10)17)8-13(18)15-14/h3-7H,2,8,14H2,1H3,(H,15,18). The SMILES string of the molecule is CCOc1ccc2c(=O)ccn(CC(=O)NN)c2c1. The Balaban J connectivity index is 2.56. The molecule has 19 heavy (non-hydrogen) atoms. The topological polar surface area (TPSA) is 86.3 Å². The normalized spacial score (nSPS) is 10.4. The number of nitrogens with zero attached hydrogens (tertiary/aromatic N) is 1. The van der Waals surface area contributed by atoms with E-state index in [0.29, 0.717) is 23.3 Å². The van der Waals surface area contributed by atoms with Gasteiger partial charge < -0.3 is 9.30 Å². The second-order valence-corrected chi connectivity index (χ2v) is 3.99. The molecule has 6 heteroatoms. The van der Waals surface area contributed by atoms with Crippen molar-refractivity contribution in [2.75, 3.05) is 6.61 Å². The molecule has 1 heterocycles. The summed E-state index contributed by atoms with van der Waals surface area (Å²) in [5.74, 6) is 5.39. The minimum atomic E-state index is -0.341. The number of rotatable bonds is 4. The Bertz CT molecular complexity index is 664. The summed E-state index contributed by atoms with van der Waals surface area (Å²) < 4.78 is 7.05. The number of hydrazine groups is 1. The fourth-order valence-corrected chi connectivity index (χ4v) is 1.88. The van der Waals surface area contributed by atoms with Crippen LogP contribution in [0.5, 0.6) is 5.75 Å². The van der Waals surface area contributed by atoms with Crippen LogP contribution in [0, 0.1) is 0 Å². The van der Waals surface area contributed by atoms with Crippen molar-refractivity contribution in [3.63, 3.8) is 0 Å². The van der Waals surface area contributed by atoms with E-state index >= 15 is 0 Å². The molecule has 0 fully saturated rings. The lowest BCUT2D eigenvalue weighted by Gasteiger charge is -2.11.